The molecule has 5 rings (SSSR count). The smallest absolute Gasteiger partial charge is 0.252 e. The van der Waals surface area contributed by atoms with Crippen LogP contribution in [-0.2, 0) is 27.4 Å². The summed E-state index contributed by atoms with van der Waals surface area (Å²) in [6.07, 6.45) is 3.84. The van der Waals surface area contributed by atoms with E-state index < -0.39 is 0 Å². The van der Waals surface area contributed by atoms with E-state index in [9.17, 15) is 14.4 Å². The van der Waals surface area contributed by atoms with Crippen LogP contribution in [0.5, 0.6) is 0 Å². The molecular weight excluding hydrogens is 510 g/mol. The van der Waals surface area contributed by atoms with Gasteiger partial charge in [0, 0.05) is 82.8 Å². The van der Waals surface area contributed by atoms with Crippen molar-refractivity contribution in [3.8, 4) is 0 Å². The minimum atomic E-state index is -0.110. The number of rotatable bonds is 10. The van der Waals surface area contributed by atoms with Crippen molar-refractivity contribution in [3.63, 3.8) is 0 Å². The summed E-state index contributed by atoms with van der Waals surface area (Å²) in [5, 5.41) is 4.08. The summed E-state index contributed by atoms with van der Waals surface area (Å²) in [7, 11) is 1.54. The molecular formula is C29H35N7O4. The van der Waals surface area contributed by atoms with Gasteiger partial charge in [-0.2, -0.15) is 4.98 Å². The number of nitrogens with one attached hydrogen (secondary N) is 1. The van der Waals surface area contributed by atoms with E-state index in [-0.39, 0.29) is 24.0 Å². The summed E-state index contributed by atoms with van der Waals surface area (Å²) in [6.45, 7) is 9.33. The van der Waals surface area contributed by atoms with Gasteiger partial charge in [0.05, 0.1) is 0 Å². The molecule has 0 atom stereocenters. The third-order valence-electron chi connectivity index (χ3n) is 7.51. The predicted molar refractivity (Wildman–Crippen MR) is 152 cm³/mol. The summed E-state index contributed by atoms with van der Waals surface area (Å²) < 4.78 is 6.65. The number of benzene rings is 1. The van der Waals surface area contributed by atoms with E-state index in [1.807, 2.05) is 17.0 Å². The zero-order valence-electron chi connectivity index (χ0n) is 22.8. The van der Waals surface area contributed by atoms with Gasteiger partial charge < -0.3 is 19.9 Å². The number of ether oxygens (including phenoxy) is 1. The number of aryl methyl sites for hydroxylation is 1. The van der Waals surface area contributed by atoms with Gasteiger partial charge in [0.25, 0.3) is 5.56 Å². The molecule has 0 radical (unpaired) electrons. The lowest BCUT2D eigenvalue weighted by Gasteiger charge is -2.38. The van der Waals surface area contributed by atoms with Crippen LogP contribution in [0.4, 0.5) is 11.6 Å². The maximum Gasteiger partial charge on any atom is 0.252 e. The van der Waals surface area contributed by atoms with E-state index in [1.165, 1.54) is 13.2 Å². The number of methoxy groups -OCH3 is 1. The van der Waals surface area contributed by atoms with Gasteiger partial charge in [-0.05, 0) is 42.2 Å². The van der Waals surface area contributed by atoms with Crippen molar-refractivity contribution in [1.82, 2.24) is 29.2 Å². The second kappa shape index (κ2) is 12.4. The number of amides is 2. The highest BCUT2D eigenvalue weighted by Crippen LogP contribution is 2.22. The normalized spacial score (nSPS) is 16.1. The third kappa shape index (κ3) is 6.37. The molecule has 0 unspecified atom stereocenters. The van der Waals surface area contributed by atoms with E-state index in [0.29, 0.717) is 50.2 Å². The Morgan fingerprint density at radius 3 is 2.67 bits per heavy atom. The van der Waals surface area contributed by atoms with Crippen LogP contribution in [0.1, 0.15) is 12.0 Å². The van der Waals surface area contributed by atoms with Crippen LogP contribution in [0.25, 0.3) is 11.0 Å². The van der Waals surface area contributed by atoms with Crippen LogP contribution in [0.15, 0.2) is 60.0 Å². The number of hydrogen-bond acceptors (Lipinski definition) is 8. The van der Waals surface area contributed by atoms with Crippen molar-refractivity contribution in [1.29, 1.82) is 0 Å². The Morgan fingerprint density at radius 1 is 1.12 bits per heavy atom. The summed E-state index contributed by atoms with van der Waals surface area (Å²) in [6, 6.07) is 11.4. The average Bonchev–Trinajstić information content (AvgIpc) is 2.93. The highest BCUT2D eigenvalue weighted by Gasteiger charge is 2.29. The zero-order valence-corrected chi connectivity index (χ0v) is 22.8. The van der Waals surface area contributed by atoms with Gasteiger partial charge in [-0.1, -0.05) is 18.7 Å². The van der Waals surface area contributed by atoms with Crippen molar-refractivity contribution in [2.75, 3.05) is 58.3 Å². The van der Waals surface area contributed by atoms with Gasteiger partial charge >= 0.3 is 0 Å². The SMILES string of the molecule is C=CC(=O)N1CC(CCn2c(=O)ccc3cnc(Nc4cccc(CN5CCN(C(=O)COC)CC5)c4)nc32)C1. The molecule has 40 heavy (non-hydrogen) atoms. The Morgan fingerprint density at radius 2 is 1.93 bits per heavy atom. The van der Waals surface area contributed by atoms with Crippen LogP contribution in [0.3, 0.4) is 0 Å². The number of hydrogen-bond donors (Lipinski definition) is 1. The number of likely N-dealkylation sites (tertiary alicyclic amines) is 1. The lowest BCUT2D eigenvalue weighted by Crippen LogP contribution is -2.49. The number of aromatic nitrogens is 3. The fraction of sp³-hybridized carbons (Fsp3) is 0.414. The second-order valence-electron chi connectivity index (χ2n) is 10.3. The van der Waals surface area contributed by atoms with Gasteiger partial charge in [-0.25, -0.2) is 4.98 Å². The Balaban J connectivity index is 1.22. The van der Waals surface area contributed by atoms with Gasteiger partial charge in [-0.15, -0.1) is 0 Å². The summed E-state index contributed by atoms with van der Waals surface area (Å²) in [5.41, 5.74) is 2.47. The van der Waals surface area contributed by atoms with Crippen LogP contribution in [-0.4, -0.2) is 94.0 Å². The first-order chi connectivity index (χ1) is 19.4. The Kier molecular flexibility index (Phi) is 8.51. The molecule has 0 spiro atoms. The average molecular weight is 546 g/mol. The molecule has 2 fully saturated rings. The summed E-state index contributed by atoms with van der Waals surface area (Å²) in [4.78, 5) is 51.6. The maximum absolute atomic E-state index is 12.7. The highest BCUT2D eigenvalue weighted by atomic mass is 16.5. The quantitative estimate of drug-likeness (QED) is 0.384. The predicted octanol–water partition coefficient (Wildman–Crippen LogP) is 1.86. The van der Waals surface area contributed by atoms with Gasteiger partial charge in [0.1, 0.15) is 12.3 Å². The van der Waals surface area contributed by atoms with Crippen molar-refractivity contribution in [2.45, 2.75) is 19.5 Å². The molecule has 2 aromatic heterocycles. The first kappa shape index (κ1) is 27.5. The number of fused-ring (bicyclic) bond motifs is 1. The van der Waals surface area contributed by atoms with Crippen LogP contribution in [0, 0.1) is 5.92 Å². The highest BCUT2D eigenvalue weighted by molar-refractivity contribution is 5.87. The zero-order chi connectivity index (χ0) is 28.1. The Bertz CT molecular complexity index is 1440. The van der Waals surface area contributed by atoms with E-state index >= 15 is 0 Å². The summed E-state index contributed by atoms with van der Waals surface area (Å²) in [5.74, 6) is 0.745. The first-order valence-corrected chi connectivity index (χ1v) is 13.6. The van der Waals surface area contributed by atoms with Crippen molar-refractivity contribution >= 4 is 34.5 Å². The molecule has 0 bridgehead atoms. The molecule has 0 aliphatic carbocycles. The number of piperazine rings is 1. The Hall–Kier alpha value is -4.09. The van der Waals surface area contributed by atoms with Crippen LogP contribution in [0.2, 0.25) is 0 Å². The lowest BCUT2D eigenvalue weighted by atomic mass is 9.96. The number of carbonyl (C=O) groups is 2. The molecule has 210 valence electrons. The molecule has 2 aliphatic rings. The van der Waals surface area contributed by atoms with Crippen molar-refractivity contribution in [3.05, 3.63) is 71.2 Å². The number of nitrogens with zero attached hydrogens (tertiary/aromatic N) is 6. The third-order valence-corrected chi connectivity index (χ3v) is 7.51. The van der Waals surface area contributed by atoms with E-state index in [1.54, 1.807) is 27.8 Å². The largest absolute Gasteiger partial charge is 0.375 e. The van der Waals surface area contributed by atoms with E-state index in [0.717, 1.165) is 42.7 Å². The molecule has 0 saturated carbocycles. The maximum atomic E-state index is 12.7. The topological polar surface area (TPSA) is 113 Å². The number of carbonyl (C=O) groups excluding carboxylic acids is 2. The van der Waals surface area contributed by atoms with E-state index in [4.69, 9.17) is 9.72 Å². The first-order valence-electron chi connectivity index (χ1n) is 13.6. The van der Waals surface area contributed by atoms with Gasteiger partial charge in [0.2, 0.25) is 17.8 Å². The molecule has 4 heterocycles. The molecule has 3 aromatic rings. The fourth-order valence-electron chi connectivity index (χ4n) is 5.23. The van der Waals surface area contributed by atoms with Crippen molar-refractivity contribution < 1.29 is 14.3 Å². The minimum Gasteiger partial charge on any atom is -0.375 e. The Labute approximate surface area is 233 Å². The second-order valence-corrected chi connectivity index (χ2v) is 10.3. The number of pyridine rings is 1. The summed E-state index contributed by atoms with van der Waals surface area (Å²) >= 11 is 0. The molecule has 1 aromatic carbocycles. The number of anilines is 2. The van der Waals surface area contributed by atoms with Gasteiger partial charge in [0.15, 0.2) is 0 Å². The fourth-order valence-corrected chi connectivity index (χ4v) is 5.23. The molecule has 2 saturated heterocycles. The van der Waals surface area contributed by atoms with E-state index in [2.05, 4.69) is 33.9 Å². The molecule has 2 aliphatic heterocycles. The van der Waals surface area contributed by atoms with Crippen LogP contribution >= 0.6 is 0 Å². The molecule has 11 nitrogen and oxygen atoms in total. The van der Waals surface area contributed by atoms with Crippen molar-refractivity contribution in [2.24, 2.45) is 5.92 Å². The van der Waals surface area contributed by atoms with Crippen LogP contribution < -0.4 is 10.9 Å². The lowest BCUT2D eigenvalue weighted by molar-refractivity contribution is -0.137. The monoisotopic (exact) mass is 545 g/mol. The molecule has 2 amide bonds. The molecule has 11 heteroatoms. The molecule has 1 N–H and O–H groups in total. The standard InChI is InChI=1S/C29H35N7O4/c1-3-25(37)35-18-22(19-35)9-10-36-26(38)8-7-23-16-30-29(32-28(23)36)31-24-6-4-5-21(15-24)17-33-11-13-34(14-12-33)27(39)20-40-2/h3-8,15-16,22H,1,9-14,17-20H2,2H3,(H,30,31,32). The minimum absolute atomic E-state index is 0.0313. The van der Waals surface area contributed by atoms with Gasteiger partial charge in [-0.3, -0.25) is 23.9 Å².